The van der Waals surface area contributed by atoms with E-state index in [2.05, 4.69) is 57.0 Å². The lowest BCUT2D eigenvalue weighted by Crippen LogP contribution is -2.43. The van der Waals surface area contributed by atoms with Gasteiger partial charge in [-0.2, -0.15) is 0 Å². The first-order valence-electron chi connectivity index (χ1n) is 11.2. The maximum absolute atomic E-state index is 13.1. The van der Waals surface area contributed by atoms with Crippen LogP contribution in [0.5, 0.6) is 0 Å². The molecule has 0 aliphatic rings. The predicted octanol–water partition coefficient (Wildman–Crippen LogP) is 3.15. The third kappa shape index (κ3) is 5.90. The number of amides is 1. The number of nitrogens with zero attached hydrogens (tertiary/aromatic N) is 1. The van der Waals surface area contributed by atoms with E-state index in [9.17, 15) is 4.79 Å². The van der Waals surface area contributed by atoms with Gasteiger partial charge in [-0.3, -0.25) is 9.79 Å². The molecule has 7 N–H and O–H groups in total. The minimum Gasteiger partial charge on any atom is -0.370 e. The molecular weight excluding hydrogens is 412 g/mol. The fourth-order valence-corrected chi connectivity index (χ4v) is 4.00. The molecule has 0 bridgehead atoms. The van der Waals surface area contributed by atoms with Gasteiger partial charge in [-0.25, -0.2) is 0 Å². The highest BCUT2D eigenvalue weighted by Crippen LogP contribution is 2.18. The highest BCUT2D eigenvalue weighted by Gasteiger charge is 2.18. The molecule has 0 aliphatic heterocycles. The van der Waals surface area contributed by atoms with Crippen molar-refractivity contribution in [3.8, 4) is 0 Å². The molecule has 4 rings (SSSR count). The number of carbonyl (C=O) groups is 1. The maximum atomic E-state index is 13.1. The molecule has 7 heteroatoms. The van der Waals surface area contributed by atoms with Crippen LogP contribution < -0.4 is 22.1 Å². The summed E-state index contributed by atoms with van der Waals surface area (Å²) in [5.74, 6) is 0.0326. The number of guanidine groups is 1. The van der Waals surface area contributed by atoms with Gasteiger partial charge in [0.15, 0.2) is 5.96 Å². The monoisotopic (exact) mass is 442 g/mol. The molecule has 1 amide bonds. The number of nitrogens with two attached hydrogens (primary N) is 2. The van der Waals surface area contributed by atoms with Gasteiger partial charge in [0.1, 0.15) is 0 Å². The summed E-state index contributed by atoms with van der Waals surface area (Å²) in [6.45, 7) is 1.55. The molecule has 3 aromatic carbocycles. The van der Waals surface area contributed by atoms with Gasteiger partial charge in [-0.1, -0.05) is 54.6 Å². The lowest BCUT2D eigenvalue weighted by Gasteiger charge is -2.18. The first-order chi connectivity index (χ1) is 16.1. The van der Waals surface area contributed by atoms with E-state index in [4.69, 9.17) is 11.5 Å². The minimum atomic E-state index is -0.351. The number of aromatic nitrogens is 1. The Labute approximate surface area is 193 Å². The van der Waals surface area contributed by atoms with E-state index >= 15 is 0 Å². The van der Waals surface area contributed by atoms with Gasteiger partial charge >= 0.3 is 0 Å². The van der Waals surface area contributed by atoms with E-state index in [-0.39, 0.29) is 17.9 Å². The number of rotatable bonds is 10. The van der Waals surface area contributed by atoms with Crippen LogP contribution in [-0.4, -0.2) is 29.4 Å². The number of para-hydroxylation sites is 1. The standard InChI is InChI=1S/C26H30N6O/c27-26(28)29-13-5-10-24(30-15-18-11-12-19-6-1-2-7-20(19)14-18)25(33)32-17-21-16-31-23-9-4-3-8-22(21)23/h1-4,6-9,11-12,14,16,24,30-31H,5,10,13,15,17H2,(H,32,33)(H4,27,28,29)/t24-/m1/s1. The molecule has 1 aromatic heterocycles. The largest absolute Gasteiger partial charge is 0.370 e. The van der Waals surface area contributed by atoms with E-state index in [0.717, 1.165) is 22.0 Å². The number of hydrogen-bond acceptors (Lipinski definition) is 3. The summed E-state index contributed by atoms with van der Waals surface area (Å²) in [4.78, 5) is 20.4. The number of aromatic amines is 1. The van der Waals surface area contributed by atoms with Crippen molar-refractivity contribution in [2.24, 2.45) is 16.5 Å². The second kappa shape index (κ2) is 10.7. The third-order valence-electron chi connectivity index (χ3n) is 5.76. The van der Waals surface area contributed by atoms with E-state index in [1.165, 1.54) is 10.8 Å². The number of H-pyrrole nitrogens is 1. The molecule has 170 valence electrons. The lowest BCUT2D eigenvalue weighted by atomic mass is 10.1. The molecular formula is C26H30N6O. The zero-order chi connectivity index (χ0) is 23.0. The Kier molecular flexibility index (Phi) is 7.22. The second-order valence-electron chi connectivity index (χ2n) is 8.14. The maximum Gasteiger partial charge on any atom is 0.237 e. The Morgan fingerprint density at radius 3 is 2.61 bits per heavy atom. The Morgan fingerprint density at radius 1 is 0.970 bits per heavy atom. The molecule has 1 atom stereocenters. The number of fused-ring (bicyclic) bond motifs is 2. The van der Waals surface area contributed by atoms with Gasteiger partial charge in [-0.15, -0.1) is 0 Å². The Balaban J connectivity index is 1.40. The Hall–Kier alpha value is -3.84. The van der Waals surface area contributed by atoms with Gasteiger partial charge in [0.25, 0.3) is 0 Å². The predicted molar refractivity (Wildman–Crippen MR) is 135 cm³/mol. The van der Waals surface area contributed by atoms with Gasteiger partial charge < -0.3 is 27.1 Å². The van der Waals surface area contributed by atoms with Crippen LogP contribution in [0.25, 0.3) is 21.7 Å². The van der Waals surface area contributed by atoms with Crippen molar-refractivity contribution in [3.63, 3.8) is 0 Å². The molecule has 0 unspecified atom stereocenters. The molecule has 4 aromatic rings. The van der Waals surface area contributed by atoms with Crippen molar-refractivity contribution in [2.75, 3.05) is 6.54 Å². The Morgan fingerprint density at radius 2 is 1.76 bits per heavy atom. The fourth-order valence-electron chi connectivity index (χ4n) is 4.00. The van der Waals surface area contributed by atoms with Crippen LogP contribution >= 0.6 is 0 Å². The topological polar surface area (TPSA) is 121 Å². The summed E-state index contributed by atoms with van der Waals surface area (Å²) in [5, 5.41) is 10.0. The molecule has 0 saturated carbocycles. The molecule has 0 saturated heterocycles. The minimum absolute atomic E-state index is 0.0363. The number of carbonyl (C=O) groups excluding carboxylic acids is 1. The van der Waals surface area contributed by atoms with Crippen LogP contribution in [0.15, 0.2) is 77.9 Å². The average molecular weight is 443 g/mol. The van der Waals surface area contributed by atoms with Crippen molar-refractivity contribution in [2.45, 2.75) is 32.0 Å². The first-order valence-corrected chi connectivity index (χ1v) is 11.2. The van der Waals surface area contributed by atoms with Crippen LogP contribution in [0.1, 0.15) is 24.0 Å². The van der Waals surface area contributed by atoms with Gasteiger partial charge in [0.2, 0.25) is 5.91 Å². The molecule has 7 nitrogen and oxygen atoms in total. The SMILES string of the molecule is NC(N)=NCCC[C@@H](NCc1ccc2ccccc2c1)C(=O)NCc1c[nH]c2ccccc12. The van der Waals surface area contributed by atoms with Crippen LogP contribution in [0.3, 0.4) is 0 Å². The quantitative estimate of drug-likeness (QED) is 0.147. The number of hydrogen-bond donors (Lipinski definition) is 5. The van der Waals surface area contributed by atoms with Crippen molar-refractivity contribution in [1.82, 2.24) is 15.6 Å². The fraction of sp³-hybridized carbons (Fsp3) is 0.231. The molecule has 0 fully saturated rings. The molecule has 0 spiro atoms. The zero-order valence-electron chi connectivity index (χ0n) is 18.6. The van der Waals surface area contributed by atoms with Crippen molar-refractivity contribution >= 4 is 33.5 Å². The highest BCUT2D eigenvalue weighted by atomic mass is 16.2. The van der Waals surface area contributed by atoms with E-state index in [1.54, 1.807) is 0 Å². The molecule has 33 heavy (non-hydrogen) atoms. The summed E-state index contributed by atoms with van der Waals surface area (Å²) >= 11 is 0. The number of aliphatic imine (C=N–C) groups is 1. The van der Waals surface area contributed by atoms with Gasteiger partial charge in [0.05, 0.1) is 6.04 Å². The van der Waals surface area contributed by atoms with Crippen LogP contribution in [0, 0.1) is 0 Å². The number of nitrogens with one attached hydrogen (secondary N) is 3. The van der Waals surface area contributed by atoms with E-state index < -0.39 is 0 Å². The van der Waals surface area contributed by atoms with Crippen LogP contribution in [0.2, 0.25) is 0 Å². The zero-order valence-corrected chi connectivity index (χ0v) is 18.6. The lowest BCUT2D eigenvalue weighted by molar-refractivity contribution is -0.123. The summed E-state index contributed by atoms with van der Waals surface area (Å²) < 4.78 is 0. The van der Waals surface area contributed by atoms with Gasteiger partial charge in [-0.05, 0) is 46.9 Å². The van der Waals surface area contributed by atoms with E-state index in [1.807, 2.05) is 36.5 Å². The normalized spacial score (nSPS) is 12.0. The average Bonchev–Trinajstić information content (AvgIpc) is 3.25. The van der Waals surface area contributed by atoms with Gasteiger partial charge in [0, 0.05) is 36.7 Å². The number of benzene rings is 3. The van der Waals surface area contributed by atoms with Crippen molar-refractivity contribution in [1.29, 1.82) is 0 Å². The van der Waals surface area contributed by atoms with E-state index in [0.29, 0.717) is 32.5 Å². The summed E-state index contributed by atoms with van der Waals surface area (Å²) in [6, 6.07) is 22.3. The van der Waals surface area contributed by atoms with Crippen LogP contribution in [0.4, 0.5) is 0 Å². The summed E-state index contributed by atoms with van der Waals surface area (Å²) in [6.07, 6.45) is 3.28. The highest BCUT2D eigenvalue weighted by molar-refractivity contribution is 5.85. The second-order valence-corrected chi connectivity index (χ2v) is 8.14. The molecule has 1 heterocycles. The van der Waals surface area contributed by atoms with Crippen LogP contribution in [-0.2, 0) is 17.9 Å². The van der Waals surface area contributed by atoms with Crippen molar-refractivity contribution < 1.29 is 4.79 Å². The summed E-state index contributed by atoms with van der Waals surface area (Å²) in [7, 11) is 0. The molecule has 0 radical (unpaired) electrons. The molecule has 0 aliphatic carbocycles. The smallest absolute Gasteiger partial charge is 0.237 e. The summed E-state index contributed by atoms with van der Waals surface area (Å²) in [5.41, 5.74) is 14.1. The Bertz CT molecular complexity index is 1260. The third-order valence-corrected chi connectivity index (χ3v) is 5.76. The first kappa shape index (κ1) is 22.4. The van der Waals surface area contributed by atoms with Crippen molar-refractivity contribution in [3.05, 3.63) is 84.1 Å².